The Morgan fingerprint density at radius 2 is 2.05 bits per heavy atom. The van der Waals surface area contributed by atoms with E-state index < -0.39 is 5.60 Å². The van der Waals surface area contributed by atoms with Crippen molar-refractivity contribution in [2.45, 2.75) is 77.4 Å². The zero-order valence-corrected chi connectivity index (χ0v) is 15.0. The summed E-state index contributed by atoms with van der Waals surface area (Å²) in [6, 6.07) is 0.0116. The number of hydrogen-bond donors (Lipinski definition) is 1. The number of carbonyl (C=O) groups is 1. The van der Waals surface area contributed by atoms with Crippen LogP contribution in [0.5, 0.6) is 0 Å². The third-order valence-corrected chi connectivity index (χ3v) is 6.27. The van der Waals surface area contributed by atoms with E-state index >= 15 is 0 Å². The topological polar surface area (TPSA) is 53.4 Å². The van der Waals surface area contributed by atoms with E-state index in [-0.39, 0.29) is 18.4 Å². The van der Waals surface area contributed by atoms with Crippen molar-refractivity contribution < 1.29 is 9.90 Å². The fourth-order valence-corrected chi connectivity index (χ4v) is 4.29. The van der Waals surface area contributed by atoms with Gasteiger partial charge in [0.2, 0.25) is 5.91 Å². The van der Waals surface area contributed by atoms with Crippen molar-refractivity contribution in [3.8, 4) is 0 Å². The molecular weight excluding hydrogens is 296 g/mol. The lowest BCUT2D eigenvalue weighted by atomic mass is 9.82. The van der Waals surface area contributed by atoms with Crippen LogP contribution in [-0.2, 0) is 11.2 Å². The Morgan fingerprint density at radius 1 is 1.41 bits per heavy atom. The van der Waals surface area contributed by atoms with E-state index in [2.05, 4.69) is 11.9 Å². The number of rotatable bonds is 5. The highest BCUT2D eigenvalue weighted by Gasteiger charge is 2.34. The summed E-state index contributed by atoms with van der Waals surface area (Å²) in [5, 5.41) is 11.7. The van der Waals surface area contributed by atoms with Gasteiger partial charge in [-0.3, -0.25) is 4.79 Å². The monoisotopic (exact) mass is 324 g/mol. The lowest BCUT2D eigenvalue weighted by Gasteiger charge is -2.34. The second-order valence-electron chi connectivity index (χ2n) is 6.55. The molecule has 2 rings (SSSR count). The van der Waals surface area contributed by atoms with Crippen molar-refractivity contribution in [3.63, 3.8) is 0 Å². The number of thiazole rings is 1. The summed E-state index contributed by atoms with van der Waals surface area (Å²) >= 11 is 1.69. The second-order valence-corrected chi connectivity index (χ2v) is 7.67. The van der Waals surface area contributed by atoms with Crippen molar-refractivity contribution in [3.05, 3.63) is 15.6 Å². The Hall–Kier alpha value is -0.940. The minimum atomic E-state index is -0.791. The molecule has 1 fully saturated rings. The minimum absolute atomic E-state index is 0.0116. The largest absolute Gasteiger partial charge is 0.389 e. The average molecular weight is 324 g/mol. The lowest BCUT2D eigenvalue weighted by molar-refractivity contribution is -0.138. The van der Waals surface area contributed by atoms with E-state index in [0.717, 1.165) is 47.7 Å². The third-order valence-electron chi connectivity index (χ3n) is 4.80. The van der Waals surface area contributed by atoms with E-state index in [4.69, 9.17) is 0 Å². The van der Waals surface area contributed by atoms with E-state index in [1.807, 2.05) is 20.9 Å². The molecule has 1 N–H and O–H groups in total. The van der Waals surface area contributed by atoms with Crippen LogP contribution in [0.25, 0.3) is 0 Å². The van der Waals surface area contributed by atoms with Crippen molar-refractivity contribution >= 4 is 17.2 Å². The average Bonchev–Trinajstić information content (AvgIpc) is 2.87. The van der Waals surface area contributed by atoms with Gasteiger partial charge in [0.1, 0.15) is 0 Å². The number of nitrogens with zero attached hydrogens (tertiary/aromatic N) is 2. The standard InChI is InChI=1S/C17H28N2O2S/c1-5-14-18-12(2)16(22-14)13(3)19(4)15(20)11-17(21)9-7-6-8-10-17/h13,21H,5-11H2,1-4H3. The van der Waals surface area contributed by atoms with Gasteiger partial charge in [-0.05, 0) is 33.1 Å². The molecule has 1 atom stereocenters. The second kappa shape index (κ2) is 7.09. The van der Waals surface area contributed by atoms with Gasteiger partial charge >= 0.3 is 0 Å². The van der Waals surface area contributed by atoms with E-state index in [9.17, 15) is 9.90 Å². The van der Waals surface area contributed by atoms with Crippen molar-refractivity contribution in [1.29, 1.82) is 0 Å². The van der Waals surface area contributed by atoms with Crippen LogP contribution in [0.4, 0.5) is 0 Å². The zero-order valence-electron chi connectivity index (χ0n) is 14.2. The summed E-state index contributed by atoms with van der Waals surface area (Å²) in [6.07, 6.45) is 5.89. The van der Waals surface area contributed by atoms with Crippen LogP contribution in [0, 0.1) is 6.92 Å². The first-order valence-corrected chi connectivity index (χ1v) is 9.12. The normalized spacial score (nSPS) is 19.0. The van der Waals surface area contributed by atoms with Crippen LogP contribution in [0.3, 0.4) is 0 Å². The fourth-order valence-electron chi connectivity index (χ4n) is 3.19. The predicted molar refractivity (Wildman–Crippen MR) is 90.1 cm³/mol. The quantitative estimate of drug-likeness (QED) is 0.900. The van der Waals surface area contributed by atoms with Gasteiger partial charge in [0.05, 0.1) is 28.8 Å². The van der Waals surface area contributed by atoms with Crippen LogP contribution in [0.2, 0.25) is 0 Å². The summed E-state index contributed by atoms with van der Waals surface area (Å²) in [5.41, 5.74) is 0.228. The Balaban J connectivity index is 2.04. The highest BCUT2D eigenvalue weighted by atomic mass is 32.1. The molecule has 5 heteroatoms. The smallest absolute Gasteiger partial charge is 0.225 e. The van der Waals surface area contributed by atoms with Crippen molar-refractivity contribution in [1.82, 2.24) is 9.88 Å². The number of aryl methyl sites for hydroxylation is 2. The highest BCUT2D eigenvalue weighted by Crippen LogP contribution is 2.33. The maximum absolute atomic E-state index is 12.6. The van der Waals surface area contributed by atoms with Crippen LogP contribution in [0.15, 0.2) is 0 Å². The van der Waals surface area contributed by atoms with Crippen molar-refractivity contribution in [2.24, 2.45) is 0 Å². The molecule has 1 aliphatic rings. The summed E-state index contributed by atoms with van der Waals surface area (Å²) < 4.78 is 0. The summed E-state index contributed by atoms with van der Waals surface area (Å²) in [5.74, 6) is 0.0303. The molecule has 1 unspecified atom stereocenters. The number of amides is 1. The SMILES string of the molecule is CCc1nc(C)c(C(C)N(C)C(=O)CC2(O)CCCCC2)s1. The molecule has 0 radical (unpaired) electrons. The molecule has 0 aliphatic heterocycles. The van der Waals surface area contributed by atoms with Gasteiger partial charge in [-0.15, -0.1) is 11.3 Å². The maximum Gasteiger partial charge on any atom is 0.225 e. The molecule has 0 aromatic carbocycles. The summed E-state index contributed by atoms with van der Waals surface area (Å²) in [6.45, 7) is 6.15. The molecule has 0 saturated heterocycles. The van der Waals surface area contributed by atoms with Crippen LogP contribution in [0.1, 0.15) is 74.0 Å². The molecule has 22 heavy (non-hydrogen) atoms. The van der Waals surface area contributed by atoms with Gasteiger partial charge in [-0.25, -0.2) is 4.98 Å². The first kappa shape index (κ1) is 17.4. The molecule has 1 aromatic heterocycles. The Bertz CT molecular complexity index is 521. The zero-order chi connectivity index (χ0) is 16.3. The molecule has 1 saturated carbocycles. The first-order valence-electron chi connectivity index (χ1n) is 8.30. The number of aromatic nitrogens is 1. The van der Waals surface area contributed by atoms with Gasteiger partial charge in [0, 0.05) is 11.9 Å². The molecule has 4 nitrogen and oxygen atoms in total. The Labute approximate surface area is 137 Å². The fraction of sp³-hybridized carbons (Fsp3) is 0.765. The third kappa shape index (κ3) is 3.87. The van der Waals surface area contributed by atoms with Crippen LogP contribution < -0.4 is 0 Å². The minimum Gasteiger partial charge on any atom is -0.389 e. The van der Waals surface area contributed by atoms with E-state index in [1.165, 1.54) is 6.42 Å². The van der Waals surface area contributed by atoms with E-state index in [0.29, 0.717) is 0 Å². The molecule has 1 amide bonds. The predicted octanol–water partition coefficient (Wildman–Crippen LogP) is 3.62. The Kier molecular flexibility index (Phi) is 5.61. The van der Waals surface area contributed by atoms with Gasteiger partial charge in [-0.2, -0.15) is 0 Å². The van der Waals surface area contributed by atoms with E-state index in [1.54, 1.807) is 16.2 Å². The molecule has 1 aliphatic carbocycles. The Morgan fingerprint density at radius 3 is 2.59 bits per heavy atom. The van der Waals surface area contributed by atoms with Gasteiger partial charge < -0.3 is 10.0 Å². The van der Waals surface area contributed by atoms with Gasteiger partial charge in [0.25, 0.3) is 0 Å². The molecule has 0 bridgehead atoms. The number of carbonyl (C=O) groups excluding carboxylic acids is 1. The lowest BCUT2D eigenvalue weighted by Crippen LogP contribution is -2.40. The molecule has 0 spiro atoms. The molecule has 124 valence electrons. The van der Waals surface area contributed by atoms with Gasteiger partial charge in [-0.1, -0.05) is 26.2 Å². The molecular formula is C17H28N2O2S. The molecule has 1 heterocycles. The highest BCUT2D eigenvalue weighted by molar-refractivity contribution is 7.11. The molecule has 1 aromatic rings. The first-order chi connectivity index (χ1) is 10.4. The van der Waals surface area contributed by atoms with Crippen LogP contribution >= 0.6 is 11.3 Å². The van der Waals surface area contributed by atoms with Gasteiger partial charge in [0.15, 0.2) is 0 Å². The summed E-state index contributed by atoms with van der Waals surface area (Å²) in [7, 11) is 1.84. The van der Waals surface area contributed by atoms with Crippen molar-refractivity contribution in [2.75, 3.05) is 7.05 Å². The summed E-state index contributed by atoms with van der Waals surface area (Å²) in [4.78, 5) is 20.0. The number of aliphatic hydroxyl groups is 1. The maximum atomic E-state index is 12.6. The van der Waals surface area contributed by atoms with Crippen LogP contribution in [-0.4, -0.2) is 33.5 Å². The number of hydrogen-bond acceptors (Lipinski definition) is 4.